The van der Waals surface area contributed by atoms with Gasteiger partial charge in [-0.05, 0) is 0 Å². The Morgan fingerprint density at radius 1 is 1.89 bits per heavy atom. The van der Waals surface area contributed by atoms with E-state index in [0.29, 0.717) is 5.69 Å². The fourth-order valence-corrected chi connectivity index (χ4v) is 1.19. The average Bonchev–Trinajstić information content (AvgIpc) is 2.15. The van der Waals surface area contributed by atoms with E-state index in [1.165, 1.54) is 4.57 Å². The van der Waals surface area contributed by atoms with E-state index < -0.39 is 0 Å². The van der Waals surface area contributed by atoms with Gasteiger partial charge in [-0.15, -0.1) is 6.42 Å². The molecular weight excluding hydrogens is 134 g/mol. The number of hydrogen-bond donors (Lipinski definition) is 0. The molecule has 0 aliphatic rings. The smallest absolute Gasteiger partial charge is 0.295 e. The number of thiazole rings is 1. The fourth-order valence-electron chi connectivity index (χ4n) is 0.494. The fraction of sp³-hybridized carbons (Fsp3) is 0.167. The van der Waals surface area contributed by atoms with E-state index in [9.17, 15) is 4.79 Å². The van der Waals surface area contributed by atoms with Crippen molar-refractivity contribution in [1.29, 1.82) is 0 Å². The first kappa shape index (κ1) is 6.12. The Morgan fingerprint density at radius 2 is 2.56 bits per heavy atom. The highest BCUT2D eigenvalue weighted by Gasteiger charge is 1.95. The highest BCUT2D eigenvalue weighted by atomic mass is 32.1. The Hall–Kier alpha value is -1.01. The van der Waals surface area contributed by atoms with Crippen molar-refractivity contribution in [1.82, 2.24) is 4.57 Å². The average molecular weight is 139 g/mol. The van der Waals surface area contributed by atoms with Gasteiger partial charge in [-0.25, -0.2) is 0 Å². The zero-order valence-electron chi connectivity index (χ0n) is 4.92. The van der Waals surface area contributed by atoms with Gasteiger partial charge < -0.3 is 0 Å². The lowest BCUT2D eigenvalue weighted by molar-refractivity contribution is 0.881. The van der Waals surface area contributed by atoms with Gasteiger partial charge in [-0.2, -0.15) is 0 Å². The van der Waals surface area contributed by atoms with Gasteiger partial charge in [0.1, 0.15) is 5.69 Å². The summed E-state index contributed by atoms with van der Waals surface area (Å²) in [6.45, 7) is 0. The summed E-state index contributed by atoms with van der Waals surface area (Å²) in [6.07, 6.45) is 5.06. The van der Waals surface area contributed by atoms with Crippen LogP contribution in [0.3, 0.4) is 0 Å². The maximum Gasteiger partial charge on any atom is 0.307 e. The molecule has 0 aliphatic heterocycles. The van der Waals surface area contributed by atoms with E-state index in [-0.39, 0.29) is 4.87 Å². The lowest BCUT2D eigenvalue weighted by Gasteiger charge is -1.86. The summed E-state index contributed by atoms with van der Waals surface area (Å²) in [5.74, 6) is 2.39. The van der Waals surface area contributed by atoms with Crippen molar-refractivity contribution < 1.29 is 0 Å². The minimum atomic E-state index is -0.0112. The Kier molecular flexibility index (Phi) is 1.41. The lowest BCUT2D eigenvalue weighted by atomic mass is 10.5. The van der Waals surface area contributed by atoms with Gasteiger partial charge in [0.05, 0.1) is 0 Å². The minimum Gasteiger partial charge on any atom is -0.295 e. The molecule has 0 bridgehead atoms. The Labute approximate surface area is 56.8 Å². The van der Waals surface area contributed by atoms with Crippen LogP contribution in [0.4, 0.5) is 0 Å². The molecule has 1 aromatic rings. The zero-order valence-corrected chi connectivity index (χ0v) is 5.73. The molecule has 0 fully saturated rings. The largest absolute Gasteiger partial charge is 0.307 e. The summed E-state index contributed by atoms with van der Waals surface area (Å²) in [7, 11) is 1.66. The van der Waals surface area contributed by atoms with Gasteiger partial charge >= 0.3 is 4.87 Å². The topological polar surface area (TPSA) is 22.0 Å². The molecule has 0 saturated carbocycles. The molecule has 3 heteroatoms. The number of terminal acetylenes is 1. The summed E-state index contributed by atoms with van der Waals surface area (Å²) in [6, 6.07) is 0. The van der Waals surface area contributed by atoms with E-state index in [4.69, 9.17) is 6.42 Å². The molecule has 0 atom stereocenters. The Bertz CT molecular complexity index is 302. The minimum absolute atomic E-state index is 0.0112. The van der Waals surface area contributed by atoms with Gasteiger partial charge in [-0.3, -0.25) is 9.36 Å². The van der Waals surface area contributed by atoms with Crippen LogP contribution in [0, 0.1) is 12.3 Å². The van der Waals surface area contributed by atoms with Crippen LogP contribution in [-0.4, -0.2) is 4.57 Å². The predicted molar refractivity (Wildman–Crippen MR) is 37.5 cm³/mol. The molecule has 9 heavy (non-hydrogen) atoms. The molecule has 0 aromatic carbocycles. The zero-order chi connectivity index (χ0) is 6.85. The number of rotatable bonds is 0. The third kappa shape index (κ3) is 0.889. The quantitative estimate of drug-likeness (QED) is 0.478. The van der Waals surface area contributed by atoms with Crippen LogP contribution in [0.25, 0.3) is 0 Å². The van der Waals surface area contributed by atoms with Crippen molar-refractivity contribution in [2.45, 2.75) is 0 Å². The predicted octanol–water partition coefficient (Wildman–Crippen LogP) is 0.428. The molecule has 0 spiro atoms. The van der Waals surface area contributed by atoms with Crippen molar-refractivity contribution in [2.24, 2.45) is 7.05 Å². The molecule has 1 heterocycles. The normalized spacial score (nSPS) is 8.89. The summed E-state index contributed by atoms with van der Waals surface area (Å²) >= 11 is 1.12. The van der Waals surface area contributed by atoms with Crippen molar-refractivity contribution >= 4 is 11.3 Å². The summed E-state index contributed by atoms with van der Waals surface area (Å²) in [5.41, 5.74) is 0.644. The SMILES string of the molecule is C#Cc1csc(=O)n1C. The van der Waals surface area contributed by atoms with Crippen LogP contribution in [0.2, 0.25) is 0 Å². The van der Waals surface area contributed by atoms with Crippen LogP contribution >= 0.6 is 11.3 Å². The van der Waals surface area contributed by atoms with E-state index in [1.54, 1.807) is 12.4 Å². The molecular formula is C6H5NOS. The van der Waals surface area contributed by atoms with E-state index >= 15 is 0 Å². The maximum atomic E-state index is 10.7. The molecule has 1 rings (SSSR count). The van der Waals surface area contributed by atoms with E-state index in [2.05, 4.69) is 5.92 Å². The van der Waals surface area contributed by atoms with Crippen molar-refractivity contribution in [3.05, 3.63) is 20.7 Å². The molecule has 0 aliphatic carbocycles. The standard InChI is InChI=1S/C6H5NOS/c1-3-5-4-9-6(8)7(5)2/h1,4H,2H3. The molecule has 2 nitrogen and oxygen atoms in total. The molecule has 0 amide bonds. The number of nitrogens with zero attached hydrogens (tertiary/aromatic N) is 1. The number of aromatic nitrogens is 1. The van der Waals surface area contributed by atoms with Crippen LogP contribution in [0.1, 0.15) is 5.69 Å². The van der Waals surface area contributed by atoms with Gasteiger partial charge in [0.2, 0.25) is 0 Å². The second-order valence-corrected chi connectivity index (χ2v) is 2.41. The van der Waals surface area contributed by atoms with Crippen LogP contribution < -0.4 is 4.87 Å². The van der Waals surface area contributed by atoms with Gasteiger partial charge in [0.25, 0.3) is 0 Å². The molecule has 46 valence electrons. The molecule has 0 N–H and O–H groups in total. The monoisotopic (exact) mass is 139 g/mol. The van der Waals surface area contributed by atoms with Crippen molar-refractivity contribution in [3.63, 3.8) is 0 Å². The first-order valence-electron chi connectivity index (χ1n) is 2.37. The first-order chi connectivity index (χ1) is 4.25. The third-order valence-electron chi connectivity index (χ3n) is 1.05. The molecule has 0 radical (unpaired) electrons. The van der Waals surface area contributed by atoms with Crippen LogP contribution in [-0.2, 0) is 7.05 Å². The summed E-state index contributed by atoms with van der Waals surface area (Å²) < 4.78 is 1.45. The van der Waals surface area contributed by atoms with E-state index in [1.807, 2.05) is 0 Å². The summed E-state index contributed by atoms with van der Waals surface area (Å²) in [4.78, 5) is 10.7. The Balaban J connectivity index is 3.41. The van der Waals surface area contributed by atoms with Crippen molar-refractivity contribution in [2.75, 3.05) is 0 Å². The highest BCUT2D eigenvalue weighted by molar-refractivity contribution is 7.07. The third-order valence-corrected chi connectivity index (χ3v) is 1.87. The van der Waals surface area contributed by atoms with Gasteiger partial charge in [0.15, 0.2) is 0 Å². The molecule has 0 unspecified atom stereocenters. The van der Waals surface area contributed by atoms with Gasteiger partial charge in [0, 0.05) is 12.4 Å². The van der Waals surface area contributed by atoms with E-state index in [0.717, 1.165) is 11.3 Å². The maximum absolute atomic E-state index is 10.7. The summed E-state index contributed by atoms with van der Waals surface area (Å²) in [5, 5.41) is 1.67. The van der Waals surface area contributed by atoms with Gasteiger partial charge in [-0.1, -0.05) is 17.3 Å². The first-order valence-corrected chi connectivity index (χ1v) is 3.25. The molecule has 0 saturated heterocycles. The van der Waals surface area contributed by atoms with Crippen molar-refractivity contribution in [3.8, 4) is 12.3 Å². The molecule has 1 aromatic heterocycles. The highest BCUT2D eigenvalue weighted by Crippen LogP contribution is 1.95. The van der Waals surface area contributed by atoms with Crippen LogP contribution in [0.5, 0.6) is 0 Å². The van der Waals surface area contributed by atoms with Crippen LogP contribution in [0.15, 0.2) is 10.2 Å². The second kappa shape index (κ2) is 2.08. The second-order valence-electron chi connectivity index (χ2n) is 1.59. The Morgan fingerprint density at radius 3 is 2.78 bits per heavy atom. The lowest BCUT2D eigenvalue weighted by Crippen LogP contribution is -2.08. The number of hydrogen-bond acceptors (Lipinski definition) is 2.